The number of hydrogen-bond acceptors (Lipinski definition) is 3. The molecular formula is C16H18BrNO2. The van der Waals surface area contributed by atoms with E-state index in [1.165, 1.54) is 5.56 Å². The summed E-state index contributed by atoms with van der Waals surface area (Å²) in [7, 11) is 1.62. The summed E-state index contributed by atoms with van der Waals surface area (Å²) in [5.41, 5.74) is 2.99. The highest BCUT2D eigenvalue weighted by molar-refractivity contribution is 9.10. The highest BCUT2D eigenvalue weighted by Gasteiger charge is 2.09. The fourth-order valence-electron chi connectivity index (χ4n) is 1.95. The monoisotopic (exact) mass is 335 g/mol. The second-order valence-electron chi connectivity index (χ2n) is 4.66. The lowest BCUT2D eigenvalue weighted by Gasteiger charge is -2.15. The van der Waals surface area contributed by atoms with Gasteiger partial charge in [0.05, 0.1) is 13.2 Å². The molecule has 0 amide bonds. The van der Waals surface area contributed by atoms with Crippen molar-refractivity contribution in [3.63, 3.8) is 0 Å². The molecule has 0 aromatic heterocycles. The Labute approximate surface area is 127 Å². The van der Waals surface area contributed by atoms with E-state index in [2.05, 4.69) is 21.2 Å². The molecule has 1 atom stereocenters. The largest absolute Gasteiger partial charge is 0.497 e. The second-order valence-corrected chi connectivity index (χ2v) is 5.51. The smallest absolute Gasteiger partial charge is 0.119 e. The summed E-state index contributed by atoms with van der Waals surface area (Å²) in [5.74, 6) is 0.748. The zero-order valence-electron chi connectivity index (χ0n) is 11.6. The second kappa shape index (κ2) is 6.77. The molecule has 4 heteroatoms. The summed E-state index contributed by atoms with van der Waals surface area (Å²) in [4.78, 5) is 0. The maximum Gasteiger partial charge on any atom is 0.119 e. The molecule has 2 rings (SSSR count). The third-order valence-electron chi connectivity index (χ3n) is 3.09. The van der Waals surface area contributed by atoms with Gasteiger partial charge in [0.25, 0.3) is 0 Å². The van der Waals surface area contributed by atoms with Crippen LogP contribution >= 0.6 is 15.9 Å². The number of aryl methyl sites for hydroxylation is 1. The van der Waals surface area contributed by atoms with Crippen LogP contribution in [-0.4, -0.2) is 18.8 Å². The van der Waals surface area contributed by atoms with Crippen LogP contribution in [0.3, 0.4) is 0 Å². The van der Waals surface area contributed by atoms with Gasteiger partial charge in [0, 0.05) is 16.7 Å². The molecule has 0 saturated heterocycles. The lowest BCUT2D eigenvalue weighted by molar-refractivity contribution is 0.191. The van der Waals surface area contributed by atoms with Gasteiger partial charge in [0.1, 0.15) is 5.75 Å². The number of aliphatic hydroxyl groups excluding tert-OH is 1. The molecule has 0 aliphatic heterocycles. The fourth-order valence-corrected chi connectivity index (χ4v) is 2.33. The number of methoxy groups -OCH3 is 1. The summed E-state index contributed by atoms with van der Waals surface area (Å²) in [6.07, 6.45) is -0.586. The molecule has 1 unspecified atom stereocenters. The third kappa shape index (κ3) is 3.74. The number of benzene rings is 2. The molecular weight excluding hydrogens is 318 g/mol. The van der Waals surface area contributed by atoms with Gasteiger partial charge in [-0.3, -0.25) is 0 Å². The van der Waals surface area contributed by atoms with E-state index in [9.17, 15) is 5.11 Å². The van der Waals surface area contributed by atoms with Crippen LogP contribution in [0.15, 0.2) is 46.9 Å². The van der Waals surface area contributed by atoms with Crippen molar-refractivity contribution in [2.75, 3.05) is 19.0 Å². The van der Waals surface area contributed by atoms with Crippen LogP contribution in [0.2, 0.25) is 0 Å². The van der Waals surface area contributed by atoms with E-state index in [0.717, 1.165) is 21.5 Å². The van der Waals surface area contributed by atoms with Crippen molar-refractivity contribution < 1.29 is 9.84 Å². The van der Waals surface area contributed by atoms with E-state index in [1.807, 2.05) is 49.4 Å². The van der Waals surface area contributed by atoms with Gasteiger partial charge in [-0.05, 0) is 58.2 Å². The van der Waals surface area contributed by atoms with Crippen LogP contribution in [0.4, 0.5) is 5.69 Å². The van der Waals surface area contributed by atoms with Gasteiger partial charge in [0.2, 0.25) is 0 Å². The van der Waals surface area contributed by atoms with E-state index >= 15 is 0 Å². The SMILES string of the molecule is COc1cccc(C(O)CNc2cc(C)ccc2Br)c1. The van der Waals surface area contributed by atoms with Gasteiger partial charge in [-0.25, -0.2) is 0 Å². The third-order valence-corrected chi connectivity index (χ3v) is 3.78. The molecule has 2 aromatic rings. The Morgan fingerprint density at radius 3 is 2.80 bits per heavy atom. The molecule has 0 radical (unpaired) electrons. The average molecular weight is 336 g/mol. The van der Waals surface area contributed by atoms with Crippen LogP contribution < -0.4 is 10.1 Å². The maximum atomic E-state index is 10.2. The first kappa shape index (κ1) is 14.9. The Bertz CT molecular complexity index is 586. The molecule has 2 aromatic carbocycles. The topological polar surface area (TPSA) is 41.5 Å². The van der Waals surface area contributed by atoms with Gasteiger partial charge in [-0.1, -0.05) is 18.2 Å². The Hall–Kier alpha value is -1.52. The molecule has 20 heavy (non-hydrogen) atoms. The quantitative estimate of drug-likeness (QED) is 0.870. The van der Waals surface area contributed by atoms with Gasteiger partial charge >= 0.3 is 0 Å². The average Bonchev–Trinajstić information content (AvgIpc) is 2.48. The lowest BCUT2D eigenvalue weighted by Crippen LogP contribution is -2.12. The summed E-state index contributed by atoms with van der Waals surface area (Å²) < 4.78 is 6.15. The predicted molar refractivity (Wildman–Crippen MR) is 85.3 cm³/mol. The highest BCUT2D eigenvalue weighted by atomic mass is 79.9. The van der Waals surface area contributed by atoms with Crippen LogP contribution in [0.25, 0.3) is 0 Å². The van der Waals surface area contributed by atoms with Gasteiger partial charge < -0.3 is 15.2 Å². The van der Waals surface area contributed by atoms with E-state index in [0.29, 0.717) is 6.54 Å². The number of ether oxygens (including phenoxy) is 1. The number of anilines is 1. The molecule has 2 N–H and O–H groups in total. The Morgan fingerprint density at radius 2 is 2.05 bits per heavy atom. The molecule has 0 aliphatic carbocycles. The van der Waals surface area contributed by atoms with E-state index in [1.54, 1.807) is 7.11 Å². The Morgan fingerprint density at radius 1 is 1.25 bits per heavy atom. The standard InChI is InChI=1S/C16H18BrNO2/c1-11-6-7-14(17)15(8-11)18-10-16(19)12-4-3-5-13(9-12)20-2/h3-9,16,18-19H,10H2,1-2H3. The number of rotatable bonds is 5. The first-order valence-electron chi connectivity index (χ1n) is 6.42. The molecule has 106 valence electrons. The lowest BCUT2D eigenvalue weighted by atomic mass is 10.1. The first-order chi connectivity index (χ1) is 9.60. The van der Waals surface area contributed by atoms with Crippen LogP contribution in [0.1, 0.15) is 17.2 Å². The van der Waals surface area contributed by atoms with Crippen LogP contribution in [0.5, 0.6) is 5.75 Å². The van der Waals surface area contributed by atoms with E-state index < -0.39 is 6.10 Å². The molecule has 0 heterocycles. The minimum Gasteiger partial charge on any atom is -0.497 e. The van der Waals surface area contributed by atoms with E-state index in [-0.39, 0.29) is 0 Å². The predicted octanol–water partition coefficient (Wildman–Crippen LogP) is 3.91. The van der Waals surface area contributed by atoms with Crippen LogP contribution in [0, 0.1) is 6.92 Å². The number of halogens is 1. The van der Waals surface area contributed by atoms with Crippen molar-refractivity contribution >= 4 is 21.6 Å². The molecule has 3 nitrogen and oxygen atoms in total. The van der Waals surface area contributed by atoms with Crippen molar-refractivity contribution in [2.45, 2.75) is 13.0 Å². The maximum absolute atomic E-state index is 10.2. The Balaban J connectivity index is 2.04. The van der Waals surface area contributed by atoms with Crippen molar-refractivity contribution in [3.05, 3.63) is 58.1 Å². The van der Waals surface area contributed by atoms with Crippen molar-refractivity contribution in [1.29, 1.82) is 0 Å². The Kier molecular flexibility index (Phi) is 5.04. The normalized spacial score (nSPS) is 12.0. The highest BCUT2D eigenvalue weighted by Crippen LogP contribution is 2.25. The van der Waals surface area contributed by atoms with Crippen molar-refractivity contribution in [1.82, 2.24) is 0 Å². The summed E-state index contributed by atoms with van der Waals surface area (Å²) in [6.45, 7) is 2.48. The number of hydrogen-bond donors (Lipinski definition) is 2. The minimum atomic E-state index is -0.586. The zero-order chi connectivity index (χ0) is 14.5. The molecule has 0 spiro atoms. The number of aliphatic hydroxyl groups is 1. The summed E-state index contributed by atoms with van der Waals surface area (Å²) in [5, 5.41) is 13.5. The van der Waals surface area contributed by atoms with Gasteiger partial charge in [-0.2, -0.15) is 0 Å². The first-order valence-corrected chi connectivity index (χ1v) is 7.21. The van der Waals surface area contributed by atoms with Gasteiger partial charge in [-0.15, -0.1) is 0 Å². The van der Waals surface area contributed by atoms with E-state index in [4.69, 9.17) is 4.74 Å². The molecule has 0 saturated carbocycles. The fraction of sp³-hybridized carbons (Fsp3) is 0.250. The van der Waals surface area contributed by atoms with Crippen LogP contribution in [-0.2, 0) is 0 Å². The number of nitrogens with one attached hydrogen (secondary N) is 1. The zero-order valence-corrected chi connectivity index (χ0v) is 13.1. The molecule has 0 aliphatic rings. The molecule has 0 bridgehead atoms. The van der Waals surface area contributed by atoms with Gasteiger partial charge in [0.15, 0.2) is 0 Å². The minimum absolute atomic E-state index is 0.440. The van der Waals surface area contributed by atoms with Crippen molar-refractivity contribution in [3.8, 4) is 5.75 Å². The molecule has 0 fully saturated rings. The summed E-state index contributed by atoms with van der Waals surface area (Å²) in [6, 6.07) is 13.5. The summed E-state index contributed by atoms with van der Waals surface area (Å²) >= 11 is 3.50. The van der Waals surface area contributed by atoms with Crippen molar-refractivity contribution in [2.24, 2.45) is 0 Å².